The Balaban J connectivity index is 1.78. The van der Waals surface area contributed by atoms with Crippen LogP contribution in [0.15, 0.2) is 51.8 Å². The molecule has 0 spiro atoms. The summed E-state index contributed by atoms with van der Waals surface area (Å²) in [5, 5.41) is 7.89. The predicted molar refractivity (Wildman–Crippen MR) is 98.0 cm³/mol. The molecule has 8 nitrogen and oxygen atoms in total. The molecular weight excluding hydrogens is 370 g/mol. The normalized spacial score (nSPS) is 11.4. The average Bonchev–Trinajstić information content (AvgIpc) is 3.15. The first-order chi connectivity index (χ1) is 12.9. The fourth-order valence-electron chi connectivity index (χ4n) is 2.48. The Labute approximate surface area is 157 Å². The molecule has 1 N–H and O–H groups in total. The summed E-state index contributed by atoms with van der Waals surface area (Å²) in [4.78, 5) is -0.00978. The largest absolute Gasteiger partial charge is 0.497 e. The minimum Gasteiger partial charge on any atom is -0.497 e. The third kappa shape index (κ3) is 4.09. The molecule has 0 unspecified atom stereocenters. The van der Waals surface area contributed by atoms with E-state index in [1.807, 2.05) is 31.2 Å². The van der Waals surface area contributed by atoms with Crippen LogP contribution in [0.5, 0.6) is 11.5 Å². The molecule has 2 aromatic carbocycles. The van der Waals surface area contributed by atoms with Crippen LogP contribution in [-0.4, -0.2) is 32.8 Å². The number of nitrogens with zero attached hydrogens (tertiary/aromatic N) is 2. The highest BCUT2D eigenvalue weighted by Crippen LogP contribution is 2.28. The standard InChI is InChI=1S/C18H19N3O5S/c1-12-6-4-5-7-14(12)18-21-20-17(26-18)11-19-27(22,23)16-9-8-13(24-2)10-15(16)25-3/h4-10,19H,11H2,1-3H3. The lowest BCUT2D eigenvalue weighted by molar-refractivity contribution is 0.385. The summed E-state index contributed by atoms with van der Waals surface area (Å²) < 4.78 is 43.4. The zero-order valence-electron chi connectivity index (χ0n) is 15.1. The first kappa shape index (κ1) is 18.9. The van der Waals surface area contributed by atoms with Crippen molar-refractivity contribution in [2.24, 2.45) is 0 Å². The Kier molecular flexibility index (Phi) is 5.43. The Morgan fingerprint density at radius 2 is 1.85 bits per heavy atom. The number of hydrogen-bond acceptors (Lipinski definition) is 7. The van der Waals surface area contributed by atoms with Crippen LogP contribution in [0, 0.1) is 6.92 Å². The van der Waals surface area contributed by atoms with E-state index >= 15 is 0 Å². The highest BCUT2D eigenvalue weighted by molar-refractivity contribution is 7.89. The number of methoxy groups -OCH3 is 2. The van der Waals surface area contributed by atoms with Crippen molar-refractivity contribution in [2.45, 2.75) is 18.4 Å². The highest BCUT2D eigenvalue weighted by atomic mass is 32.2. The van der Waals surface area contributed by atoms with Gasteiger partial charge in [0, 0.05) is 11.6 Å². The van der Waals surface area contributed by atoms with Gasteiger partial charge in [0.15, 0.2) is 0 Å². The number of nitrogens with one attached hydrogen (secondary N) is 1. The zero-order valence-corrected chi connectivity index (χ0v) is 15.9. The molecule has 27 heavy (non-hydrogen) atoms. The summed E-state index contributed by atoms with van der Waals surface area (Å²) in [6.07, 6.45) is 0. The van der Waals surface area contributed by atoms with Crippen LogP contribution in [0.1, 0.15) is 11.5 Å². The van der Waals surface area contributed by atoms with Crippen molar-refractivity contribution in [1.29, 1.82) is 0 Å². The van der Waals surface area contributed by atoms with Gasteiger partial charge in [-0.05, 0) is 30.7 Å². The number of rotatable bonds is 7. The Bertz CT molecular complexity index is 1050. The summed E-state index contributed by atoms with van der Waals surface area (Å²) in [5.41, 5.74) is 1.78. The SMILES string of the molecule is COc1ccc(S(=O)(=O)NCc2nnc(-c3ccccc3C)o2)c(OC)c1. The van der Waals surface area contributed by atoms with E-state index in [0.29, 0.717) is 11.6 Å². The van der Waals surface area contributed by atoms with Gasteiger partial charge in [-0.3, -0.25) is 0 Å². The lowest BCUT2D eigenvalue weighted by Crippen LogP contribution is -2.24. The van der Waals surface area contributed by atoms with E-state index in [1.165, 1.54) is 26.4 Å². The van der Waals surface area contributed by atoms with Crippen molar-refractivity contribution in [3.8, 4) is 23.0 Å². The Morgan fingerprint density at radius 3 is 2.56 bits per heavy atom. The second-order valence-corrected chi connectivity index (χ2v) is 7.39. The van der Waals surface area contributed by atoms with Gasteiger partial charge in [0.2, 0.25) is 21.8 Å². The smallest absolute Gasteiger partial charge is 0.248 e. The van der Waals surface area contributed by atoms with E-state index in [0.717, 1.165) is 11.1 Å². The first-order valence-corrected chi connectivity index (χ1v) is 9.53. The van der Waals surface area contributed by atoms with E-state index in [-0.39, 0.29) is 23.1 Å². The summed E-state index contributed by atoms with van der Waals surface area (Å²) in [6, 6.07) is 12.0. The van der Waals surface area contributed by atoms with Gasteiger partial charge in [-0.25, -0.2) is 13.1 Å². The molecular formula is C18H19N3O5S. The van der Waals surface area contributed by atoms with Gasteiger partial charge in [0.1, 0.15) is 16.4 Å². The molecule has 1 heterocycles. The van der Waals surface area contributed by atoms with E-state index in [4.69, 9.17) is 13.9 Å². The lowest BCUT2D eigenvalue weighted by atomic mass is 10.1. The van der Waals surface area contributed by atoms with Gasteiger partial charge in [-0.1, -0.05) is 18.2 Å². The fraction of sp³-hybridized carbons (Fsp3) is 0.222. The second-order valence-electron chi connectivity index (χ2n) is 5.66. The van der Waals surface area contributed by atoms with E-state index in [1.54, 1.807) is 6.07 Å². The molecule has 142 valence electrons. The second kappa shape index (κ2) is 7.77. The van der Waals surface area contributed by atoms with Gasteiger partial charge in [-0.2, -0.15) is 0 Å². The van der Waals surface area contributed by atoms with Gasteiger partial charge >= 0.3 is 0 Å². The zero-order chi connectivity index (χ0) is 19.4. The fourth-order valence-corrected chi connectivity index (χ4v) is 3.60. The van der Waals surface area contributed by atoms with E-state index in [9.17, 15) is 8.42 Å². The predicted octanol–water partition coefficient (Wildman–Crippen LogP) is 2.54. The Hall–Kier alpha value is -2.91. The summed E-state index contributed by atoms with van der Waals surface area (Å²) in [6.45, 7) is 1.79. The first-order valence-electron chi connectivity index (χ1n) is 8.04. The van der Waals surface area contributed by atoms with Crippen LogP contribution in [0.3, 0.4) is 0 Å². The van der Waals surface area contributed by atoms with Crippen LogP contribution in [-0.2, 0) is 16.6 Å². The summed E-state index contributed by atoms with van der Waals surface area (Å²) >= 11 is 0. The molecule has 1 aromatic heterocycles. The van der Waals surface area contributed by atoms with Crippen molar-refractivity contribution < 1.29 is 22.3 Å². The van der Waals surface area contributed by atoms with E-state index in [2.05, 4.69) is 14.9 Å². The number of hydrogen-bond donors (Lipinski definition) is 1. The van der Waals surface area contributed by atoms with Crippen LogP contribution >= 0.6 is 0 Å². The van der Waals surface area contributed by atoms with Crippen molar-refractivity contribution in [2.75, 3.05) is 14.2 Å². The highest BCUT2D eigenvalue weighted by Gasteiger charge is 2.21. The van der Waals surface area contributed by atoms with Gasteiger partial charge in [0.25, 0.3) is 0 Å². The van der Waals surface area contributed by atoms with Crippen molar-refractivity contribution in [3.05, 3.63) is 53.9 Å². The van der Waals surface area contributed by atoms with Crippen LogP contribution in [0.4, 0.5) is 0 Å². The topological polar surface area (TPSA) is 104 Å². The maximum Gasteiger partial charge on any atom is 0.248 e. The molecule has 0 aliphatic rings. The minimum absolute atomic E-state index is 0.00978. The molecule has 0 saturated carbocycles. The average molecular weight is 389 g/mol. The molecule has 0 amide bonds. The van der Waals surface area contributed by atoms with Gasteiger partial charge < -0.3 is 13.9 Å². The van der Waals surface area contributed by atoms with Crippen molar-refractivity contribution in [3.63, 3.8) is 0 Å². The minimum atomic E-state index is -3.85. The van der Waals surface area contributed by atoms with E-state index < -0.39 is 10.0 Å². The van der Waals surface area contributed by atoms with Crippen molar-refractivity contribution >= 4 is 10.0 Å². The lowest BCUT2D eigenvalue weighted by Gasteiger charge is -2.11. The molecule has 3 aromatic rings. The monoisotopic (exact) mass is 389 g/mol. The number of benzene rings is 2. The molecule has 0 aliphatic carbocycles. The molecule has 0 aliphatic heterocycles. The molecule has 0 radical (unpaired) electrons. The summed E-state index contributed by atoms with van der Waals surface area (Å²) in [7, 11) is -0.970. The molecule has 0 atom stereocenters. The molecule has 3 rings (SSSR count). The third-order valence-corrected chi connectivity index (χ3v) is 5.36. The maximum absolute atomic E-state index is 12.6. The maximum atomic E-state index is 12.6. The number of aromatic nitrogens is 2. The molecule has 0 bridgehead atoms. The quantitative estimate of drug-likeness (QED) is 0.662. The molecule has 9 heteroatoms. The van der Waals surface area contributed by atoms with Gasteiger partial charge in [-0.15, -0.1) is 10.2 Å². The van der Waals surface area contributed by atoms with Crippen LogP contribution in [0.2, 0.25) is 0 Å². The number of sulfonamides is 1. The van der Waals surface area contributed by atoms with Gasteiger partial charge in [0.05, 0.1) is 20.8 Å². The molecule has 0 saturated heterocycles. The third-order valence-electron chi connectivity index (χ3n) is 3.92. The van der Waals surface area contributed by atoms with Crippen LogP contribution in [0.25, 0.3) is 11.5 Å². The number of aryl methyl sites for hydroxylation is 1. The van der Waals surface area contributed by atoms with Crippen molar-refractivity contribution in [1.82, 2.24) is 14.9 Å². The number of ether oxygens (including phenoxy) is 2. The summed E-state index contributed by atoms with van der Waals surface area (Å²) in [5.74, 6) is 1.16. The van der Waals surface area contributed by atoms with Crippen LogP contribution < -0.4 is 14.2 Å². The Morgan fingerprint density at radius 1 is 1.07 bits per heavy atom. The molecule has 0 fully saturated rings.